The van der Waals surface area contributed by atoms with E-state index in [9.17, 15) is 8.78 Å². The van der Waals surface area contributed by atoms with Crippen molar-refractivity contribution in [2.24, 2.45) is 5.84 Å². The molecule has 0 aliphatic heterocycles. The second kappa shape index (κ2) is 6.83. The molecule has 1 aromatic carbocycles. The van der Waals surface area contributed by atoms with Crippen molar-refractivity contribution >= 4 is 11.8 Å². The summed E-state index contributed by atoms with van der Waals surface area (Å²) < 4.78 is 26.0. The smallest absolute Gasteiger partial charge is 0.129 e. The van der Waals surface area contributed by atoms with Crippen molar-refractivity contribution in [2.45, 2.75) is 18.9 Å². The van der Waals surface area contributed by atoms with Crippen LogP contribution < -0.4 is 11.3 Å². The van der Waals surface area contributed by atoms with E-state index >= 15 is 0 Å². The Balaban J connectivity index is 2.62. The van der Waals surface area contributed by atoms with Gasteiger partial charge in [-0.1, -0.05) is 6.07 Å². The van der Waals surface area contributed by atoms with Crippen LogP contribution in [0.25, 0.3) is 0 Å². The lowest BCUT2D eigenvalue weighted by molar-refractivity contribution is 0.496. The minimum atomic E-state index is -0.553. The van der Waals surface area contributed by atoms with Crippen molar-refractivity contribution in [3.63, 3.8) is 0 Å². The standard InChI is InChI=1S/C11H16F2N2S/c1-16-5-4-10(15-14)6-8-2-3-9(12)7-11(8)13/h2-3,7,10,15H,4-6,14H2,1H3. The Morgan fingerprint density at radius 1 is 1.44 bits per heavy atom. The molecule has 0 fully saturated rings. The topological polar surface area (TPSA) is 38.0 Å². The van der Waals surface area contributed by atoms with Crippen molar-refractivity contribution in [1.29, 1.82) is 0 Å². The summed E-state index contributed by atoms with van der Waals surface area (Å²) >= 11 is 1.71. The van der Waals surface area contributed by atoms with E-state index in [1.807, 2.05) is 6.26 Å². The molecule has 0 spiro atoms. The molecule has 1 atom stereocenters. The Morgan fingerprint density at radius 2 is 2.19 bits per heavy atom. The van der Waals surface area contributed by atoms with Crippen LogP contribution >= 0.6 is 11.8 Å². The minimum Gasteiger partial charge on any atom is -0.271 e. The molecule has 0 aliphatic carbocycles. The number of hydrazine groups is 1. The molecule has 3 N–H and O–H groups in total. The van der Waals surface area contributed by atoms with E-state index in [1.165, 1.54) is 12.1 Å². The summed E-state index contributed by atoms with van der Waals surface area (Å²) in [4.78, 5) is 0. The molecule has 1 unspecified atom stereocenters. The third kappa shape index (κ3) is 4.08. The summed E-state index contributed by atoms with van der Waals surface area (Å²) in [5.74, 6) is 5.28. The summed E-state index contributed by atoms with van der Waals surface area (Å²) in [5.41, 5.74) is 3.14. The molecule has 1 aromatic rings. The molecule has 0 saturated carbocycles. The van der Waals surface area contributed by atoms with E-state index in [1.54, 1.807) is 11.8 Å². The molecule has 0 aromatic heterocycles. The van der Waals surface area contributed by atoms with E-state index in [4.69, 9.17) is 5.84 Å². The number of hydrogen-bond acceptors (Lipinski definition) is 3. The summed E-state index contributed by atoms with van der Waals surface area (Å²) in [5, 5.41) is 0. The molecule has 0 bridgehead atoms. The zero-order chi connectivity index (χ0) is 12.0. The maximum atomic E-state index is 13.4. The van der Waals surface area contributed by atoms with Gasteiger partial charge in [0.1, 0.15) is 11.6 Å². The van der Waals surface area contributed by atoms with Crippen LogP contribution in [0, 0.1) is 11.6 Å². The average Bonchev–Trinajstić information content (AvgIpc) is 2.27. The van der Waals surface area contributed by atoms with Crippen molar-refractivity contribution in [2.75, 3.05) is 12.0 Å². The molecule has 0 heterocycles. The highest BCUT2D eigenvalue weighted by Gasteiger charge is 2.11. The first-order valence-corrected chi connectivity index (χ1v) is 6.45. The number of halogens is 2. The second-order valence-corrected chi connectivity index (χ2v) is 4.57. The largest absolute Gasteiger partial charge is 0.271 e. The van der Waals surface area contributed by atoms with E-state index in [0.29, 0.717) is 12.0 Å². The fourth-order valence-electron chi connectivity index (χ4n) is 1.46. The highest BCUT2D eigenvalue weighted by atomic mass is 32.2. The highest BCUT2D eigenvalue weighted by Crippen LogP contribution is 2.13. The van der Waals surface area contributed by atoms with E-state index in [2.05, 4.69) is 5.43 Å². The van der Waals surface area contributed by atoms with Gasteiger partial charge in [-0.3, -0.25) is 11.3 Å². The lowest BCUT2D eigenvalue weighted by atomic mass is 10.0. The van der Waals surface area contributed by atoms with Crippen LogP contribution in [0.2, 0.25) is 0 Å². The van der Waals surface area contributed by atoms with Gasteiger partial charge in [0.2, 0.25) is 0 Å². The van der Waals surface area contributed by atoms with Crippen LogP contribution in [0.3, 0.4) is 0 Å². The van der Waals surface area contributed by atoms with Gasteiger partial charge in [-0.15, -0.1) is 0 Å². The van der Waals surface area contributed by atoms with Crippen molar-refractivity contribution in [1.82, 2.24) is 5.43 Å². The summed E-state index contributed by atoms with van der Waals surface area (Å²) in [6.45, 7) is 0. The van der Waals surface area contributed by atoms with Gasteiger partial charge in [0.05, 0.1) is 0 Å². The molecule has 0 amide bonds. The molecule has 16 heavy (non-hydrogen) atoms. The van der Waals surface area contributed by atoms with Gasteiger partial charge in [-0.05, 0) is 36.5 Å². The number of thioether (sulfide) groups is 1. The Labute approximate surface area is 98.6 Å². The van der Waals surface area contributed by atoms with Crippen LogP contribution in [-0.2, 0) is 6.42 Å². The Bertz CT molecular complexity index is 334. The molecule has 90 valence electrons. The molecule has 0 radical (unpaired) electrons. The Kier molecular flexibility index (Phi) is 5.73. The van der Waals surface area contributed by atoms with Crippen LogP contribution in [-0.4, -0.2) is 18.1 Å². The van der Waals surface area contributed by atoms with Crippen molar-refractivity contribution < 1.29 is 8.78 Å². The number of benzene rings is 1. The van der Waals surface area contributed by atoms with Crippen molar-refractivity contribution in [3.05, 3.63) is 35.4 Å². The summed E-state index contributed by atoms with van der Waals surface area (Å²) in [6, 6.07) is 3.65. The molecule has 2 nitrogen and oxygen atoms in total. The number of rotatable bonds is 6. The molecule has 0 saturated heterocycles. The second-order valence-electron chi connectivity index (χ2n) is 3.58. The number of nitrogens with two attached hydrogens (primary N) is 1. The van der Waals surface area contributed by atoms with Gasteiger partial charge >= 0.3 is 0 Å². The predicted molar refractivity (Wildman–Crippen MR) is 64.2 cm³/mol. The predicted octanol–water partition coefficient (Wildman–Crippen LogP) is 2.09. The van der Waals surface area contributed by atoms with Crippen LogP contribution in [0.5, 0.6) is 0 Å². The van der Waals surface area contributed by atoms with E-state index in [0.717, 1.165) is 18.2 Å². The zero-order valence-corrected chi connectivity index (χ0v) is 9.99. The Morgan fingerprint density at radius 3 is 2.75 bits per heavy atom. The van der Waals surface area contributed by atoms with Crippen molar-refractivity contribution in [3.8, 4) is 0 Å². The molecule has 0 aliphatic rings. The minimum absolute atomic E-state index is 0.0208. The summed E-state index contributed by atoms with van der Waals surface area (Å²) in [6.07, 6.45) is 3.34. The first kappa shape index (κ1) is 13.4. The molecule has 1 rings (SSSR count). The SMILES string of the molecule is CSCCC(Cc1ccc(F)cc1F)NN. The fraction of sp³-hybridized carbons (Fsp3) is 0.455. The van der Waals surface area contributed by atoms with Gasteiger partial charge in [0, 0.05) is 12.1 Å². The van der Waals surface area contributed by atoms with E-state index in [-0.39, 0.29) is 6.04 Å². The Hall–Kier alpha value is -0.650. The van der Waals surface area contributed by atoms with Crippen LogP contribution in [0.1, 0.15) is 12.0 Å². The van der Waals surface area contributed by atoms with Gasteiger partial charge in [0.15, 0.2) is 0 Å². The lowest BCUT2D eigenvalue weighted by Crippen LogP contribution is -2.37. The van der Waals surface area contributed by atoms with Crippen LogP contribution in [0.4, 0.5) is 8.78 Å². The average molecular weight is 246 g/mol. The zero-order valence-electron chi connectivity index (χ0n) is 9.17. The quantitative estimate of drug-likeness (QED) is 0.596. The lowest BCUT2D eigenvalue weighted by Gasteiger charge is -2.15. The highest BCUT2D eigenvalue weighted by molar-refractivity contribution is 7.98. The molecular formula is C11H16F2N2S. The normalized spacial score (nSPS) is 12.8. The van der Waals surface area contributed by atoms with Gasteiger partial charge in [0.25, 0.3) is 0 Å². The molecule has 5 heteroatoms. The first-order valence-electron chi connectivity index (χ1n) is 5.06. The maximum Gasteiger partial charge on any atom is 0.129 e. The third-order valence-electron chi connectivity index (χ3n) is 2.39. The monoisotopic (exact) mass is 246 g/mol. The number of hydrogen-bond donors (Lipinski definition) is 2. The maximum absolute atomic E-state index is 13.4. The van der Waals surface area contributed by atoms with Crippen LogP contribution in [0.15, 0.2) is 18.2 Å². The third-order valence-corrected chi connectivity index (χ3v) is 3.03. The van der Waals surface area contributed by atoms with Gasteiger partial charge in [-0.2, -0.15) is 11.8 Å². The van der Waals surface area contributed by atoms with E-state index < -0.39 is 11.6 Å². The first-order chi connectivity index (χ1) is 7.67. The van der Waals surface area contributed by atoms with Gasteiger partial charge in [-0.25, -0.2) is 8.78 Å². The van der Waals surface area contributed by atoms with Gasteiger partial charge < -0.3 is 0 Å². The summed E-state index contributed by atoms with van der Waals surface area (Å²) in [7, 11) is 0. The molecular weight excluding hydrogens is 230 g/mol. The number of nitrogens with one attached hydrogen (secondary N) is 1. The fourth-order valence-corrected chi connectivity index (χ4v) is 1.98.